The predicted molar refractivity (Wildman–Crippen MR) is 77.4 cm³/mol. The highest BCUT2D eigenvalue weighted by molar-refractivity contribution is 5.20. The number of ether oxygens (including phenoxy) is 1. The van der Waals surface area contributed by atoms with Gasteiger partial charge >= 0.3 is 0 Å². The van der Waals surface area contributed by atoms with E-state index in [9.17, 15) is 5.11 Å². The van der Waals surface area contributed by atoms with Crippen molar-refractivity contribution in [2.75, 3.05) is 13.2 Å². The molecule has 1 aliphatic rings. The third-order valence-electron chi connectivity index (χ3n) is 3.98. The van der Waals surface area contributed by atoms with Gasteiger partial charge in [0.1, 0.15) is 18.5 Å². The Labute approximate surface area is 116 Å². The normalized spacial score (nSPS) is 26.1. The van der Waals surface area contributed by atoms with Gasteiger partial charge in [0, 0.05) is 18.6 Å². The SMILES string of the molecule is C[C@@H]1CCC[C@H](C)N1C[C@H](O)COc1ccccc1. The van der Waals surface area contributed by atoms with E-state index >= 15 is 0 Å². The van der Waals surface area contributed by atoms with E-state index in [4.69, 9.17) is 4.74 Å². The van der Waals surface area contributed by atoms with Gasteiger partial charge in [-0.3, -0.25) is 4.90 Å². The average molecular weight is 263 g/mol. The van der Waals surface area contributed by atoms with Crippen LogP contribution in [0, 0.1) is 0 Å². The largest absolute Gasteiger partial charge is 0.491 e. The van der Waals surface area contributed by atoms with E-state index in [-0.39, 0.29) is 0 Å². The van der Waals surface area contributed by atoms with E-state index in [0.29, 0.717) is 25.2 Å². The van der Waals surface area contributed by atoms with Gasteiger partial charge in [0.2, 0.25) is 0 Å². The van der Waals surface area contributed by atoms with Gasteiger partial charge in [-0.25, -0.2) is 0 Å². The lowest BCUT2D eigenvalue weighted by Crippen LogP contribution is -2.48. The van der Waals surface area contributed by atoms with Crippen molar-refractivity contribution in [3.05, 3.63) is 30.3 Å². The number of rotatable bonds is 5. The molecule has 106 valence electrons. The van der Waals surface area contributed by atoms with Crippen molar-refractivity contribution >= 4 is 0 Å². The summed E-state index contributed by atoms with van der Waals surface area (Å²) in [4.78, 5) is 2.41. The molecule has 3 nitrogen and oxygen atoms in total. The standard InChI is InChI=1S/C16H25NO2/c1-13-7-6-8-14(2)17(13)11-15(18)12-19-16-9-4-3-5-10-16/h3-5,9-10,13-15,18H,6-8,11-12H2,1-2H3/t13-,14+,15-/m0/s1. The molecular weight excluding hydrogens is 238 g/mol. The number of hydrogen-bond donors (Lipinski definition) is 1. The van der Waals surface area contributed by atoms with Gasteiger partial charge in [-0.1, -0.05) is 24.6 Å². The molecule has 0 radical (unpaired) electrons. The van der Waals surface area contributed by atoms with Crippen LogP contribution in [0.4, 0.5) is 0 Å². The second-order valence-corrected chi connectivity index (χ2v) is 5.60. The minimum atomic E-state index is -0.428. The van der Waals surface area contributed by atoms with Crippen LogP contribution in [-0.4, -0.2) is 41.3 Å². The Kier molecular flexibility index (Phi) is 5.23. The van der Waals surface area contributed by atoms with Gasteiger partial charge in [0.15, 0.2) is 0 Å². The minimum Gasteiger partial charge on any atom is -0.491 e. The van der Waals surface area contributed by atoms with Crippen LogP contribution in [0.2, 0.25) is 0 Å². The lowest BCUT2D eigenvalue weighted by atomic mass is 9.97. The maximum Gasteiger partial charge on any atom is 0.119 e. The first-order valence-corrected chi connectivity index (χ1v) is 7.28. The second-order valence-electron chi connectivity index (χ2n) is 5.60. The highest BCUT2D eigenvalue weighted by atomic mass is 16.5. The third-order valence-corrected chi connectivity index (χ3v) is 3.98. The molecule has 0 aliphatic carbocycles. The molecular formula is C16H25NO2. The first kappa shape index (κ1) is 14.4. The summed E-state index contributed by atoms with van der Waals surface area (Å²) >= 11 is 0. The van der Waals surface area contributed by atoms with Crippen LogP contribution in [-0.2, 0) is 0 Å². The zero-order valence-corrected chi connectivity index (χ0v) is 12.0. The Hall–Kier alpha value is -1.06. The van der Waals surface area contributed by atoms with Crippen LogP contribution in [0.15, 0.2) is 30.3 Å². The van der Waals surface area contributed by atoms with Crippen LogP contribution in [0.25, 0.3) is 0 Å². The Balaban J connectivity index is 1.78. The lowest BCUT2D eigenvalue weighted by molar-refractivity contribution is 0.0209. The number of para-hydroxylation sites is 1. The number of likely N-dealkylation sites (tertiary alicyclic amines) is 1. The van der Waals surface area contributed by atoms with E-state index in [2.05, 4.69) is 18.7 Å². The molecule has 1 heterocycles. The van der Waals surface area contributed by atoms with E-state index in [1.807, 2.05) is 30.3 Å². The number of piperidine rings is 1. The number of hydrogen-bond acceptors (Lipinski definition) is 3. The summed E-state index contributed by atoms with van der Waals surface area (Å²) in [6.45, 7) is 5.57. The lowest BCUT2D eigenvalue weighted by Gasteiger charge is -2.40. The summed E-state index contributed by atoms with van der Waals surface area (Å²) in [6, 6.07) is 10.8. The Morgan fingerprint density at radius 3 is 2.47 bits per heavy atom. The Morgan fingerprint density at radius 2 is 1.84 bits per heavy atom. The van der Waals surface area contributed by atoms with Crippen LogP contribution < -0.4 is 4.74 Å². The molecule has 0 aromatic heterocycles. The third kappa shape index (κ3) is 4.22. The molecule has 1 aromatic carbocycles. The number of aliphatic hydroxyl groups is 1. The summed E-state index contributed by atoms with van der Waals surface area (Å²) < 4.78 is 5.60. The van der Waals surface area contributed by atoms with E-state index in [1.54, 1.807) is 0 Å². The summed E-state index contributed by atoms with van der Waals surface area (Å²) in [5, 5.41) is 10.1. The molecule has 19 heavy (non-hydrogen) atoms. The van der Waals surface area contributed by atoms with Gasteiger partial charge in [-0.2, -0.15) is 0 Å². The van der Waals surface area contributed by atoms with E-state index < -0.39 is 6.10 Å². The zero-order valence-electron chi connectivity index (χ0n) is 12.0. The Bertz CT molecular complexity index is 358. The van der Waals surface area contributed by atoms with Crippen molar-refractivity contribution in [3.63, 3.8) is 0 Å². The second kappa shape index (κ2) is 6.92. The van der Waals surface area contributed by atoms with Crippen molar-refractivity contribution in [2.24, 2.45) is 0 Å². The zero-order chi connectivity index (χ0) is 13.7. The van der Waals surface area contributed by atoms with Gasteiger partial charge in [-0.05, 0) is 38.8 Å². The minimum absolute atomic E-state index is 0.361. The maximum absolute atomic E-state index is 10.1. The molecule has 1 saturated heterocycles. The topological polar surface area (TPSA) is 32.7 Å². The Morgan fingerprint density at radius 1 is 1.21 bits per heavy atom. The first-order valence-electron chi connectivity index (χ1n) is 7.28. The van der Waals surface area contributed by atoms with Crippen LogP contribution in [0.3, 0.4) is 0 Å². The fourth-order valence-electron chi connectivity index (χ4n) is 2.84. The maximum atomic E-state index is 10.1. The highest BCUT2D eigenvalue weighted by Crippen LogP contribution is 2.22. The summed E-state index contributed by atoms with van der Waals surface area (Å²) in [5.41, 5.74) is 0. The molecule has 3 heteroatoms. The van der Waals surface area contributed by atoms with Gasteiger partial charge in [-0.15, -0.1) is 0 Å². The fourth-order valence-corrected chi connectivity index (χ4v) is 2.84. The van der Waals surface area contributed by atoms with E-state index in [1.165, 1.54) is 19.3 Å². The predicted octanol–water partition coefficient (Wildman–Crippen LogP) is 2.69. The fraction of sp³-hybridized carbons (Fsp3) is 0.625. The van der Waals surface area contributed by atoms with Crippen molar-refractivity contribution in [1.29, 1.82) is 0 Å². The smallest absolute Gasteiger partial charge is 0.119 e. The molecule has 0 unspecified atom stereocenters. The van der Waals surface area contributed by atoms with Crippen molar-refractivity contribution < 1.29 is 9.84 Å². The average Bonchev–Trinajstić information content (AvgIpc) is 2.42. The van der Waals surface area contributed by atoms with Crippen molar-refractivity contribution in [1.82, 2.24) is 4.90 Å². The van der Waals surface area contributed by atoms with E-state index in [0.717, 1.165) is 5.75 Å². The highest BCUT2D eigenvalue weighted by Gasteiger charge is 2.26. The monoisotopic (exact) mass is 263 g/mol. The first-order chi connectivity index (χ1) is 9.16. The van der Waals surface area contributed by atoms with Crippen molar-refractivity contribution in [3.8, 4) is 5.75 Å². The summed E-state index contributed by atoms with van der Waals surface area (Å²) in [7, 11) is 0. The number of benzene rings is 1. The van der Waals surface area contributed by atoms with Gasteiger partial charge in [0.25, 0.3) is 0 Å². The molecule has 1 fully saturated rings. The molecule has 1 aromatic rings. The molecule has 1 aliphatic heterocycles. The molecule has 0 spiro atoms. The summed E-state index contributed by atoms with van der Waals surface area (Å²) in [6.07, 6.45) is 3.34. The number of aliphatic hydroxyl groups excluding tert-OH is 1. The molecule has 0 saturated carbocycles. The molecule has 1 N–H and O–H groups in total. The van der Waals surface area contributed by atoms with Crippen LogP contribution in [0.1, 0.15) is 33.1 Å². The van der Waals surface area contributed by atoms with Crippen LogP contribution >= 0.6 is 0 Å². The molecule has 3 atom stereocenters. The van der Waals surface area contributed by atoms with Crippen molar-refractivity contribution in [2.45, 2.75) is 51.3 Å². The molecule has 0 amide bonds. The van der Waals surface area contributed by atoms with Crippen LogP contribution in [0.5, 0.6) is 5.75 Å². The quantitative estimate of drug-likeness (QED) is 0.886. The molecule has 2 rings (SSSR count). The molecule has 0 bridgehead atoms. The number of nitrogens with zero attached hydrogens (tertiary/aromatic N) is 1. The summed E-state index contributed by atoms with van der Waals surface area (Å²) in [5.74, 6) is 0.821. The number of β-amino-alcohol motifs (C(OH)–C–C–N with tert-alkyl or cyclic N) is 1. The van der Waals surface area contributed by atoms with Gasteiger partial charge in [0.05, 0.1) is 0 Å². The van der Waals surface area contributed by atoms with Gasteiger partial charge < -0.3 is 9.84 Å².